The van der Waals surface area contributed by atoms with E-state index in [1.807, 2.05) is 42.5 Å². The number of benzene rings is 2. The van der Waals surface area contributed by atoms with Gasteiger partial charge in [-0.1, -0.05) is 48.0 Å². The first kappa shape index (κ1) is 20.3. The number of hydrogen-bond donors (Lipinski definition) is 2. The first-order chi connectivity index (χ1) is 10.9. The summed E-state index contributed by atoms with van der Waals surface area (Å²) in [6, 6.07) is 15.1. The van der Waals surface area contributed by atoms with Crippen LogP contribution in [-0.2, 0) is 17.9 Å². The molecule has 0 spiro atoms. The number of carbonyl (C=O) groups excluding carboxylic acids is 1. The fourth-order valence-corrected chi connectivity index (χ4v) is 2.18. The van der Waals surface area contributed by atoms with Crippen molar-refractivity contribution in [2.24, 2.45) is 5.73 Å². The van der Waals surface area contributed by atoms with Crippen LogP contribution in [0.25, 0.3) is 0 Å². The standard InChI is InChI=1S/C18H21ClN2O2.ClH/c1-18(2,20)17(22)21-11-13-7-3-4-8-14(13)12-23-16-10-6-5-9-15(16)19;/h3-10H,11-12,20H2,1-2H3,(H,21,22);1H. The van der Waals surface area contributed by atoms with Crippen LogP contribution in [0.2, 0.25) is 5.02 Å². The highest BCUT2D eigenvalue weighted by molar-refractivity contribution is 6.32. The summed E-state index contributed by atoms with van der Waals surface area (Å²) < 4.78 is 5.77. The minimum Gasteiger partial charge on any atom is -0.487 e. The normalized spacial score (nSPS) is 10.7. The van der Waals surface area contributed by atoms with Gasteiger partial charge in [0.15, 0.2) is 0 Å². The van der Waals surface area contributed by atoms with E-state index in [1.165, 1.54) is 0 Å². The molecule has 6 heteroatoms. The van der Waals surface area contributed by atoms with Crippen LogP contribution in [0.4, 0.5) is 0 Å². The smallest absolute Gasteiger partial charge is 0.239 e. The number of rotatable bonds is 6. The average Bonchev–Trinajstić information content (AvgIpc) is 2.51. The average molecular weight is 369 g/mol. The maximum atomic E-state index is 11.9. The highest BCUT2D eigenvalue weighted by atomic mass is 35.5. The summed E-state index contributed by atoms with van der Waals surface area (Å²) in [4.78, 5) is 11.9. The van der Waals surface area contributed by atoms with Crippen LogP contribution < -0.4 is 15.8 Å². The number of ether oxygens (including phenoxy) is 1. The van der Waals surface area contributed by atoms with E-state index in [4.69, 9.17) is 22.1 Å². The van der Waals surface area contributed by atoms with Crippen molar-refractivity contribution in [3.63, 3.8) is 0 Å². The molecule has 0 aliphatic heterocycles. The van der Waals surface area contributed by atoms with Gasteiger partial charge >= 0.3 is 0 Å². The quantitative estimate of drug-likeness (QED) is 0.816. The maximum absolute atomic E-state index is 11.9. The molecular formula is C18H22Cl2N2O2. The first-order valence-corrected chi connectivity index (χ1v) is 7.77. The predicted octanol–water partition coefficient (Wildman–Crippen LogP) is 3.69. The second-order valence-electron chi connectivity index (χ2n) is 5.89. The fourth-order valence-electron chi connectivity index (χ4n) is 1.99. The van der Waals surface area contributed by atoms with Crippen LogP contribution in [0.1, 0.15) is 25.0 Å². The van der Waals surface area contributed by atoms with E-state index < -0.39 is 5.54 Å². The highest BCUT2D eigenvalue weighted by Crippen LogP contribution is 2.24. The Morgan fingerprint density at radius 1 is 1.12 bits per heavy atom. The number of hydrogen-bond acceptors (Lipinski definition) is 3. The number of amides is 1. The predicted molar refractivity (Wildman–Crippen MR) is 99.6 cm³/mol. The molecule has 130 valence electrons. The first-order valence-electron chi connectivity index (χ1n) is 7.39. The molecule has 0 radical (unpaired) electrons. The minimum atomic E-state index is -0.900. The van der Waals surface area contributed by atoms with Crippen molar-refractivity contribution >= 4 is 29.9 Å². The Bertz CT molecular complexity index is 685. The Labute approximate surface area is 153 Å². The van der Waals surface area contributed by atoms with Gasteiger partial charge in [0.1, 0.15) is 12.4 Å². The zero-order chi connectivity index (χ0) is 16.9. The lowest BCUT2D eigenvalue weighted by Gasteiger charge is -2.19. The lowest BCUT2D eigenvalue weighted by atomic mass is 10.1. The third-order valence-corrected chi connectivity index (χ3v) is 3.68. The molecular weight excluding hydrogens is 347 g/mol. The second kappa shape index (κ2) is 8.92. The van der Waals surface area contributed by atoms with Gasteiger partial charge < -0.3 is 15.8 Å². The van der Waals surface area contributed by atoms with Crippen molar-refractivity contribution in [1.82, 2.24) is 5.32 Å². The van der Waals surface area contributed by atoms with E-state index in [1.54, 1.807) is 19.9 Å². The number of halogens is 2. The molecule has 4 nitrogen and oxygen atoms in total. The molecule has 2 aromatic carbocycles. The summed E-state index contributed by atoms with van der Waals surface area (Å²) in [6.45, 7) is 4.13. The highest BCUT2D eigenvalue weighted by Gasteiger charge is 2.21. The summed E-state index contributed by atoms with van der Waals surface area (Å²) >= 11 is 6.09. The van der Waals surface area contributed by atoms with Crippen LogP contribution in [0.3, 0.4) is 0 Å². The lowest BCUT2D eigenvalue weighted by molar-refractivity contribution is -0.125. The van der Waals surface area contributed by atoms with Gasteiger partial charge in [-0.3, -0.25) is 4.79 Å². The summed E-state index contributed by atoms with van der Waals surface area (Å²) in [6.07, 6.45) is 0. The van der Waals surface area contributed by atoms with Crippen molar-refractivity contribution in [3.8, 4) is 5.75 Å². The molecule has 0 aromatic heterocycles. The zero-order valence-corrected chi connectivity index (χ0v) is 15.3. The van der Waals surface area contributed by atoms with Crippen molar-refractivity contribution < 1.29 is 9.53 Å². The van der Waals surface area contributed by atoms with Crippen LogP contribution in [0.15, 0.2) is 48.5 Å². The molecule has 24 heavy (non-hydrogen) atoms. The van der Waals surface area contributed by atoms with E-state index in [-0.39, 0.29) is 18.3 Å². The zero-order valence-electron chi connectivity index (χ0n) is 13.7. The molecule has 0 unspecified atom stereocenters. The van der Waals surface area contributed by atoms with Gasteiger partial charge in [0.05, 0.1) is 10.6 Å². The Morgan fingerprint density at radius 3 is 2.33 bits per heavy atom. The summed E-state index contributed by atoms with van der Waals surface area (Å²) in [5.74, 6) is 0.440. The molecule has 0 bridgehead atoms. The molecule has 0 heterocycles. The third kappa shape index (κ3) is 5.71. The Kier molecular flexibility index (Phi) is 7.55. The van der Waals surface area contributed by atoms with Crippen molar-refractivity contribution in [1.29, 1.82) is 0 Å². The van der Waals surface area contributed by atoms with E-state index in [0.717, 1.165) is 11.1 Å². The third-order valence-electron chi connectivity index (χ3n) is 3.36. The largest absolute Gasteiger partial charge is 0.487 e. The van der Waals surface area contributed by atoms with E-state index in [2.05, 4.69) is 5.32 Å². The number of nitrogens with one attached hydrogen (secondary N) is 1. The van der Waals surface area contributed by atoms with Gasteiger partial charge in [-0.25, -0.2) is 0 Å². The van der Waals surface area contributed by atoms with Crippen LogP contribution >= 0.6 is 24.0 Å². The van der Waals surface area contributed by atoms with Gasteiger partial charge in [-0.05, 0) is 37.1 Å². The van der Waals surface area contributed by atoms with Crippen molar-refractivity contribution in [2.75, 3.05) is 0 Å². The molecule has 2 rings (SSSR count). The number of para-hydroxylation sites is 1. The van der Waals surface area contributed by atoms with Gasteiger partial charge in [0.2, 0.25) is 5.91 Å². The molecule has 0 aliphatic carbocycles. The Morgan fingerprint density at radius 2 is 1.71 bits per heavy atom. The fraction of sp³-hybridized carbons (Fsp3) is 0.278. The molecule has 0 saturated carbocycles. The summed E-state index contributed by atoms with van der Waals surface area (Å²) in [7, 11) is 0. The molecule has 0 atom stereocenters. The molecule has 0 saturated heterocycles. The van der Waals surface area contributed by atoms with Crippen molar-refractivity contribution in [2.45, 2.75) is 32.5 Å². The van der Waals surface area contributed by atoms with Crippen LogP contribution in [-0.4, -0.2) is 11.4 Å². The van der Waals surface area contributed by atoms with Gasteiger partial charge in [0, 0.05) is 6.54 Å². The maximum Gasteiger partial charge on any atom is 0.239 e. The molecule has 1 amide bonds. The minimum absolute atomic E-state index is 0. The monoisotopic (exact) mass is 368 g/mol. The van der Waals surface area contributed by atoms with Crippen molar-refractivity contribution in [3.05, 3.63) is 64.7 Å². The number of nitrogens with two attached hydrogens (primary N) is 1. The Balaban J connectivity index is 0.00000288. The molecule has 0 aliphatic rings. The SMILES string of the molecule is CC(C)(N)C(=O)NCc1ccccc1COc1ccccc1Cl.Cl. The summed E-state index contributed by atoms with van der Waals surface area (Å²) in [5.41, 5.74) is 6.85. The molecule has 0 fully saturated rings. The molecule has 3 N–H and O–H groups in total. The summed E-state index contributed by atoms with van der Waals surface area (Å²) in [5, 5.41) is 3.42. The Hall–Kier alpha value is -1.75. The molecule has 2 aromatic rings. The van der Waals surface area contributed by atoms with Gasteiger partial charge in [-0.15, -0.1) is 12.4 Å². The van der Waals surface area contributed by atoms with Crippen LogP contribution in [0.5, 0.6) is 5.75 Å². The van der Waals surface area contributed by atoms with Gasteiger partial charge in [0.25, 0.3) is 0 Å². The second-order valence-corrected chi connectivity index (χ2v) is 6.30. The topological polar surface area (TPSA) is 64.4 Å². The van der Waals surface area contributed by atoms with E-state index in [0.29, 0.717) is 23.9 Å². The van der Waals surface area contributed by atoms with E-state index >= 15 is 0 Å². The van der Waals surface area contributed by atoms with Crippen LogP contribution in [0, 0.1) is 0 Å². The lowest BCUT2D eigenvalue weighted by Crippen LogP contribution is -2.48. The van der Waals surface area contributed by atoms with Gasteiger partial charge in [-0.2, -0.15) is 0 Å². The number of carbonyl (C=O) groups is 1. The van der Waals surface area contributed by atoms with E-state index in [9.17, 15) is 4.79 Å².